The van der Waals surface area contributed by atoms with Gasteiger partial charge in [-0.1, -0.05) is 0 Å². The van der Waals surface area contributed by atoms with E-state index in [1.54, 1.807) is 0 Å². The van der Waals surface area contributed by atoms with E-state index in [0.29, 0.717) is 18.8 Å². The summed E-state index contributed by atoms with van der Waals surface area (Å²) in [5.41, 5.74) is 0. The van der Waals surface area contributed by atoms with E-state index in [0.717, 1.165) is 51.9 Å². The highest BCUT2D eigenvalue weighted by atomic mass is 16.5. The number of hydrogen-bond donors (Lipinski definition) is 4. The Morgan fingerprint density at radius 3 is 2.33 bits per heavy atom. The second-order valence-electron chi connectivity index (χ2n) is 10.8. The quantitative estimate of drug-likeness (QED) is 0.357. The van der Waals surface area contributed by atoms with Crippen LogP contribution in [0.15, 0.2) is 0 Å². The molecule has 4 rings (SSSR count). The molecule has 0 aromatic carbocycles. The zero-order chi connectivity index (χ0) is 23.4. The van der Waals surface area contributed by atoms with Crippen molar-refractivity contribution in [3.05, 3.63) is 0 Å². The molecule has 4 aliphatic rings. The number of nitrogens with two attached hydrogens (primary N) is 1. The number of nitrogens with zero attached hydrogens (tertiary/aromatic N) is 3. The molecule has 9 nitrogen and oxygen atoms in total. The van der Waals surface area contributed by atoms with Crippen molar-refractivity contribution in [2.45, 2.75) is 81.5 Å². The molecule has 4 fully saturated rings. The van der Waals surface area contributed by atoms with E-state index in [2.05, 4.69) is 39.4 Å². The smallest absolute Gasteiger partial charge is 0.223 e. The van der Waals surface area contributed by atoms with E-state index in [1.807, 2.05) is 0 Å². The van der Waals surface area contributed by atoms with Crippen molar-refractivity contribution in [2.75, 3.05) is 60.0 Å². The fourth-order valence-electron chi connectivity index (χ4n) is 6.42. The van der Waals surface area contributed by atoms with Gasteiger partial charge < -0.3 is 30.5 Å². The van der Waals surface area contributed by atoms with Crippen LogP contribution >= 0.6 is 0 Å². The van der Waals surface area contributed by atoms with Crippen LogP contribution < -0.4 is 10.6 Å². The molecule has 33 heavy (non-hydrogen) atoms. The van der Waals surface area contributed by atoms with Crippen LogP contribution in [0, 0.1) is 5.92 Å². The van der Waals surface area contributed by atoms with Crippen LogP contribution in [0.1, 0.15) is 44.9 Å². The number of hydrogen-bond acceptors (Lipinski definition) is 7. The summed E-state index contributed by atoms with van der Waals surface area (Å²) in [6.07, 6.45) is 6.81. The molecule has 5 N–H and O–H groups in total. The van der Waals surface area contributed by atoms with Crippen LogP contribution in [-0.4, -0.2) is 127 Å². The van der Waals surface area contributed by atoms with Crippen molar-refractivity contribution < 1.29 is 25.1 Å². The number of amides is 1. The Labute approximate surface area is 198 Å². The maximum atomic E-state index is 12.8. The van der Waals surface area contributed by atoms with Gasteiger partial charge in [0, 0.05) is 51.1 Å². The van der Waals surface area contributed by atoms with Crippen molar-refractivity contribution in [3.8, 4) is 0 Å². The zero-order valence-corrected chi connectivity index (χ0v) is 20.6. The number of carbonyl (C=O) groups is 1. The van der Waals surface area contributed by atoms with E-state index in [-0.39, 0.29) is 30.6 Å². The Morgan fingerprint density at radius 1 is 1.03 bits per heavy atom. The minimum atomic E-state index is -0.736. The summed E-state index contributed by atoms with van der Waals surface area (Å²) in [5.74, 6) is 0.170. The molecular formula is C24H46N5O4+. The van der Waals surface area contributed by atoms with Gasteiger partial charge in [-0.05, 0) is 52.6 Å². The van der Waals surface area contributed by atoms with Crippen molar-refractivity contribution >= 4 is 5.91 Å². The highest BCUT2D eigenvalue weighted by Gasteiger charge is 2.47. The second-order valence-corrected chi connectivity index (χ2v) is 10.8. The van der Waals surface area contributed by atoms with Crippen molar-refractivity contribution in [1.82, 2.24) is 20.0 Å². The lowest BCUT2D eigenvalue weighted by atomic mass is 9.85. The van der Waals surface area contributed by atoms with Crippen LogP contribution in [0.2, 0.25) is 0 Å². The van der Waals surface area contributed by atoms with Crippen LogP contribution in [-0.2, 0) is 9.53 Å². The van der Waals surface area contributed by atoms with E-state index in [4.69, 9.17) is 4.74 Å². The Bertz CT molecular complexity index is 616. The highest BCUT2D eigenvalue weighted by molar-refractivity contribution is 5.78. The predicted octanol–water partition coefficient (Wildman–Crippen LogP) is -1.60. The first-order valence-electron chi connectivity index (χ1n) is 13.2. The Morgan fingerprint density at radius 2 is 1.73 bits per heavy atom. The third-order valence-corrected chi connectivity index (χ3v) is 8.55. The number of piperazine rings is 1. The number of carbonyl (C=O) groups excluding carboxylic acids is 1. The third kappa shape index (κ3) is 6.07. The van der Waals surface area contributed by atoms with Crippen molar-refractivity contribution in [1.29, 1.82) is 0 Å². The largest absolute Gasteiger partial charge is 0.394 e. The molecule has 3 aliphatic heterocycles. The Kier molecular flexibility index (Phi) is 9.00. The normalized spacial score (nSPS) is 39.1. The molecule has 1 saturated carbocycles. The summed E-state index contributed by atoms with van der Waals surface area (Å²) in [7, 11) is 4.22. The van der Waals surface area contributed by atoms with Gasteiger partial charge in [-0.15, -0.1) is 0 Å². The number of quaternary nitrogens is 1. The lowest BCUT2D eigenvalue weighted by Crippen LogP contribution is -2.95. The van der Waals surface area contributed by atoms with E-state index in [9.17, 15) is 15.0 Å². The molecule has 190 valence electrons. The van der Waals surface area contributed by atoms with Crippen LogP contribution in [0.5, 0.6) is 0 Å². The number of ether oxygens (including phenoxy) is 1. The molecule has 0 aromatic heterocycles. The van der Waals surface area contributed by atoms with Crippen LogP contribution in [0.25, 0.3) is 0 Å². The number of aliphatic hydroxyl groups excluding tert-OH is 2. The lowest BCUT2D eigenvalue weighted by molar-refractivity contribution is -0.717. The maximum absolute atomic E-state index is 12.8. The van der Waals surface area contributed by atoms with Crippen LogP contribution in [0.4, 0.5) is 0 Å². The van der Waals surface area contributed by atoms with Crippen LogP contribution in [0.3, 0.4) is 0 Å². The van der Waals surface area contributed by atoms with Gasteiger partial charge in [0.05, 0.1) is 25.3 Å². The van der Waals surface area contributed by atoms with Crippen molar-refractivity contribution in [3.63, 3.8) is 0 Å². The monoisotopic (exact) mass is 468 g/mol. The summed E-state index contributed by atoms with van der Waals surface area (Å²) in [4.78, 5) is 20.0. The molecule has 5 atom stereocenters. The minimum Gasteiger partial charge on any atom is -0.394 e. The van der Waals surface area contributed by atoms with E-state index < -0.39 is 12.2 Å². The molecule has 3 saturated heterocycles. The standard InChI is InChI=1S/C24H45N5O4/c1-27(2)18-8-6-17(7-9-18)24(32)26-15-19-22(23(31)20(16-30)33-19)29-13-11-28(12-14-29)21-5-3-4-10-25-21/h17-23,25,30-31H,3-16H2,1-2H3,(H,26,32)/p+1/t17?,18?,19-,20-,21?,22-,23+/m0/s1. The van der Waals surface area contributed by atoms with E-state index >= 15 is 0 Å². The molecule has 0 spiro atoms. The summed E-state index contributed by atoms with van der Waals surface area (Å²) in [5, 5.41) is 26.2. The molecule has 9 heteroatoms. The SMILES string of the molecule is CN(C)C1CCC(C(=O)NC[C@@H]2O[C@@H](CO)[C@@H](O)[C@H]2N2CCN(C3CCCC[NH2+]3)CC2)CC1. The van der Waals surface area contributed by atoms with Gasteiger partial charge in [0.1, 0.15) is 18.4 Å². The fraction of sp³-hybridized carbons (Fsp3) is 0.958. The lowest BCUT2D eigenvalue weighted by Gasteiger charge is -2.42. The fourth-order valence-corrected chi connectivity index (χ4v) is 6.42. The van der Waals surface area contributed by atoms with Gasteiger partial charge in [-0.3, -0.25) is 14.6 Å². The van der Waals surface area contributed by atoms with Gasteiger partial charge in [-0.2, -0.15) is 0 Å². The molecule has 1 unspecified atom stereocenters. The van der Waals surface area contributed by atoms with Gasteiger partial charge in [0.2, 0.25) is 5.91 Å². The average Bonchev–Trinajstić information content (AvgIpc) is 3.18. The first-order valence-corrected chi connectivity index (χ1v) is 13.2. The molecule has 1 aliphatic carbocycles. The maximum Gasteiger partial charge on any atom is 0.223 e. The highest BCUT2D eigenvalue weighted by Crippen LogP contribution is 2.29. The Balaban J connectivity index is 1.29. The first-order chi connectivity index (χ1) is 16.0. The van der Waals surface area contributed by atoms with Crippen molar-refractivity contribution in [2.24, 2.45) is 5.92 Å². The summed E-state index contributed by atoms with van der Waals surface area (Å²) in [6, 6.07) is 0.381. The van der Waals surface area contributed by atoms with Gasteiger partial charge in [-0.25, -0.2) is 0 Å². The van der Waals surface area contributed by atoms with Gasteiger partial charge in [0.15, 0.2) is 0 Å². The first kappa shape index (κ1) is 25.3. The average molecular weight is 469 g/mol. The summed E-state index contributed by atoms with van der Waals surface area (Å²) >= 11 is 0. The topological polar surface area (TPSA) is 105 Å². The number of aliphatic hydroxyl groups is 2. The van der Waals surface area contributed by atoms with E-state index in [1.165, 1.54) is 25.8 Å². The summed E-state index contributed by atoms with van der Waals surface area (Å²) in [6.45, 7) is 5.15. The van der Waals surface area contributed by atoms with Gasteiger partial charge in [0.25, 0.3) is 0 Å². The molecule has 0 aromatic rings. The molecule has 3 heterocycles. The molecule has 1 amide bonds. The Hall–Kier alpha value is -0.810. The van der Waals surface area contributed by atoms with Gasteiger partial charge >= 0.3 is 0 Å². The number of piperidine rings is 1. The third-order valence-electron chi connectivity index (χ3n) is 8.55. The minimum absolute atomic E-state index is 0.0647. The molecule has 0 radical (unpaired) electrons. The number of rotatable bonds is 7. The number of nitrogens with one attached hydrogen (secondary N) is 1. The predicted molar refractivity (Wildman–Crippen MR) is 126 cm³/mol. The second kappa shape index (κ2) is 11.7. The zero-order valence-electron chi connectivity index (χ0n) is 20.6. The molecular weight excluding hydrogens is 422 g/mol. The summed E-state index contributed by atoms with van der Waals surface area (Å²) < 4.78 is 6.04. The molecule has 0 bridgehead atoms.